The van der Waals surface area contributed by atoms with Crippen molar-refractivity contribution >= 4 is 11.8 Å². The van der Waals surface area contributed by atoms with Crippen molar-refractivity contribution in [3.05, 3.63) is 48.3 Å². The molecule has 1 saturated carbocycles. The zero-order valence-electron chi connectivity index (χ0n) is 16.3. The van der Waals surface area contributed by atoms with Gasteiger partial charge >= 0.3 is 6.03 Å². The third-order valence-electron chi connectivity index (χ3n) is 5.56. The summed E-state index contributed by atoms with van der Waals surface area (Å²) >= 11 is 0. The fourth-order valence-electron chi connectivity index (χ4n) is 3.86. The molecule has 9 nitrogen and oxygen atoms in total. The van der Waals surface area contributed by atoms with Crippen LogP contribution in [0.3, 0.4) is 0 Å². The van der Waals surface area contributed by atoms with Gasteiger partial charge in [-0.05, 0) is 12.8 Å². The van der Waals surface area contributed by atoms with Crippen molar-refractivity contribution in [1.82, 2.24) is 29.6 Å². The van der Waals surface area contributed by atoms with Gasteiger partial charge in [-0.2, -0.15) is 0 Å². The lowest BCUT2D eigenvalue weighted by Crippen LogP contribution is -2.36. The Kier molecular flexibility index (Phi) is 4.66. The van der Waals surface area contributed by atoms with Crippen LogP contribution in [-0.2, 0) is 19.5 Å². The molecule has 3 heterocycles. The van der Waals surface area contributed by atoms with Gasteiger partial charge in [0.1, 0.15) is 23.5 Å². The van der Waals surface area contributed by atoms with Gasteiger partial charge in [-0.25, -0.2) is 14.8 Å². The molecule has 148 valence electrons. The summed E-state index contributed by atoms with van der Waals surface area (Å²) in [6.07, 6.45) is 11.6. The van der Waals surface area contributed by atoms with Crippen LogP contribution in [0, 0.1) is 0 Å². The molecule has 3 aromatic heterocycles. The van der Waals surface area contributed by atoms with Crippen LogP contribution in [0.1, 0.15) is 56.1 Å². The maximum absolute atomic E-state index is 12.7. The highest BCUT2D eigenvalue weighted by Gasteiger charge is 2.34. The van der Waals surface area contributed by atoms with Crippen molar-refractivity contribution < 1.29 is 9.32 Å². The Labute approximate surface area is 163 Å². The van der Waals surface area contributed by atoms with Gasteiger partial charge in [0.05, 0.1) is 0 Å². The minimum absolute atomic E-state index is 0.00582. The summed E-state index contributed by atoms with van der Waals surface area (Å²) in [7, 11) is 3.76. The Hall–Kier alpha value is -3.10. The van der Waals surface area contributed by atoms with Crippen LogP contribution in [0.15, 0.2) is 35.4 Å². The fourth-order valence-corrected chi connectivity index (χ4v) is 3.86. The Bertz CT molecular complexity index is 924. The number of amides is 2. The standard InChI is InChI=1S/C19H25N7O2/c1-19(6-4-5-7-19)13-12-14(24-28-13)22-18(27)23-15(16-20-8-10-25(16)2)17-21-9-11-26(17)3/h8-12,15H,4-7H2,1-3H3,(H2,22,23,24,27). The minimum Gasteiger partial charge on any atom is -0.359 e. The van der Waals surface area contributed by atoms with E-state index in [0.29, 0.717) is 17.5 Å². The Morgan fingerprint density at radius 1 is 1.14 bits per heavy atom. The molecule has 9 heteroatoms. The molecule has 2 N–H and O–H groups in total. The molecule has 0 unspecified atom stereocenters. The summed E-state index contributed by atoms with van der Waals surface area (Å²) in [6, 6.07) is 0.924. The van der Waals surface area contributed by atoms with Crippen LogP contribution in [0.5, 0.6) is 0 Å². The van der Waals surface area contributed by atoms with E-state index < -0.39 is 12.1 Å². The average Bonchev–Trinajstić information content (AvgIpc) is 3.42. The molecule has 0 atom stereocenters. The monoisotopic (exact) mass is 383 g/mol. The molecular weight excluding hydrogens is 358 g/mol. The molecule has 2 amide bonds. The van der Waals surface area contributed by atoms with E-state index in [1.54, 1.807) is 12.4 Å². The van der Waals surface area contributed by atoms with Crippen LogP contribution in [-0.4, -0.2) is 30.3 Å². The van der Waals surface area contributed by atoms with Crippen LogP contribution >= 0.6 is 0 Å². The Morgan fingerprint density at radius 2 is 1.75 bits per heavy atom. The van der Waals surface area contributed by atoms with Gasteiger partial charge in [0.25, 0.3) is 0 Å². The highest BCUT2D eigenvalue weighted by atomic mass is 16.5. The molecule has 0 bridgehead atoms. The second kappa shape index (κ2) is 7.14. The van der Waals surface area contributed by atoms with E-state index in [0.717, 1.165) is 18.6 Å². The number of urea groups is 1. The number of nitrogens with zero attached hydrogens (tertiary/aromatic N) is 5. The van der Waals surface area contributed by atoms with E-state index in [2.05, 4.69) is 32.7 Å². The van der Waals surface area contributed by atoms with E-state index in [9.17, 15) is 4.79 Å². The van der Waals surface area contributed by atoms with Crippen molar-refractivity contribution in [3.63, 3.8) is 0 Å². The van der Waals surface area contributed by atoms with E-state index >= 15 is 0 Å². The lowest BCUT2D eigenvalue weighted by molar-refractivity contribution is 0.248. The van der Waals surface area contributed by atoms with Crippen molar-refractivity contribution in [2.75, 3.05) is 5.32 Å². The Balaban J connectivity index is 1.50. The second-order valence-corrected chi connectivity index (χ2v) is 7.67. The maximum Gasteiger partial charge on any atom is 0.321 e. The number of aromatic nitrogens is 5. The predicted molar refractivity (Wildman–Crippen MR) is 103 cm³/mol. The number of nitrogens with one attached hydrogen (secondary N) is 2. The van der Waals surface area contributed by atoms with Crippen LogP contribution < -0.4 is 10.6 Å². The van der Waals surface area contributed by atoms with Crippen molar-refractivity contribution in [2.24, 2.45) is 14.1 Å². The first-order valence-corrected chi connectivity index (χ1v) is 9.45. The van der Waals surface area contributed by atoms with Gasteiger partial charge < -0.3 is 19.0 Å². The maximum atomic E-state index is 12.7. The molecule has 1 fully saturated rings. The minimum atomic E-state index is -0.501. The van der Waals surface area contributed by atoms with E-state index in [1.807, 2.05) is 41.7 Å². The van der Waals surface area contributed by atoms with E-state index in [4.69, 9.17) is 4.52 Å². The van der Waals surface area contributed by atoms with Crippen molar-refractivity contribution in [2.45, 2.75) is 44.1 Å². The number of carbonyl (C=O) groups excluding carboxylic acids is 1. The zero-order chi connectivity index (χ0) is 19.7. The molecule has 0 aromatic carbocycles. The van der Waals surface area contributed by atoms with Gasteiger partial charge in [0.15, 0.2) is 5.82 Å². The fraction of sp³-hybridized carbons (Fsp3) is 0.474. The molecular formula is C19H25N7O2. The van der Waals surface area contributed by atoms with Gasteiger partial charge in [0, 0.05) is 50.4 Å². The smallest absolute Gasteiger partial charge is 0.321 e. The summed E-state index contributed by atoms with van der Waals surface area (Å²) in [4.78, 5) is 21.4. The molecule has 28 heavy (non-hydrogen) atoms. The lowest BCUT2D eigenvalue weighted by atomic mass is 9.86. The lowest BCUT2D eigenvalue weighted by Gasteiger charge is -2.19. The van der Waals surface area contributed by atoms with Crippen LogP contribution in [0.25, 0.3) is 0 Å². The Morgan fingerprint density at radius 3 is 2.29 bits per heavy atom. The molecule has 0 spiro atoms. The molecule has 1 aliphatic carbocycles. The van der Waals surface area contributed by atoms with Gasteiger partial charge in [0.2, 0.25) is 0 Å². The summed E-state index contributed by atoms with van der Waals surface area (Å²) in [6.45, 7) is 2.18. The van der Waals surface area contributed by atoms with E-state index in [-0.39, 0.29) is 5.41 Å². The predicted octanol–water partition coefficient (Wildman–Crippen LogP) is 2.88. The molecule has 1 aliphatic rings. The van der Waals surface area contributed by atoms with Crippen LogP contribution in [0.4, 0.5) is 10.6 Å². The highest BCUT2D eigenvalue weighted by Crippen LogP contribution is 2.41. The average molecular weight is 383 g/mol. The number of hydrogen-bond acceptors (Lipinski definition) is 5. The van der Waals surface area contributed by atoms with Crippen LogP contribution in [0.2, 0.25) is 0 Å². The molecule has 4 rings (SSSR count). The number of rotatable bonds is 5. The largest absolute Gasteiger partial charge is 0.359 e. The summed E-state index contributed by atoms with van der Waals surface area (Å²) in [5.74, 6) is 2.59. The van der Waals surface area contributed by atoms with Crippen molar-refractivity contribution in [1.29, 1.82) is 0 Å². The first kappa shape index (κ1) is 18.3. The zero-order valence-corrected chi connectivity index (χ0v) is 16.3. The van der Waals surface area contributed by atoms with Crippen molar-refractivity contribution in [3.8, 4) is 0 Å². The number of carbonyl (C=O) groups is 1. The number of anilines is 1. The second-order valence-electron chi connectivity index (χ2n) is 7.67. The normalized spacial score (nSPS) is 15.9. The summed E-state index contributed by atoms with van der Waals surface area (Å²) in [5, 5.41) is 9.73. The number of hydrogen-bond donors (Lipinski definition) is 2. The molecule has 0 saturated heterocycles. The quantitative estimate of drug-likeness (QED) is 0.705. The third kappa shape index (κ3) is 3.39. The number of aryl methyl sites for hydroxylation is 2. The SMILES string of the molecule is Cn1ccnc1C(NC(=O)Nc1cc(C2(C)CCCC2)on1)c1nccn1C. The van der Waals surface area contributed by atoms with Gasteiger partial charge in [-0.3, -0.25) is 5.32 Å². The first-order chi connectivity index (χ1) is 13.5. The topological polar surface area (TPSA) is 103 Å². The first-order valence-electron chi connectivity index (χ1n) is 9.45. The summed E-state index contributed by atoms with van der Waals surface area (Å²) < 4.78 is 9.23. The molecule has 0 aliphatic heterocycles. The van der Waals surface area contributed by atoms with Gasteiger partial charge in [-0.1, -0.05) is 24.9 Å². The van der Waals surface area contributed by atoms with Gasteiger partial charge in [-0.15, -0.1) is 0 Å². The summed E-state index contributed by atoms with van der Waals surface area (Å²) in [5.41, 5.74) is 0.00582. The molecule has 3 aromatic rings. The number of imidazole rings is 2. The highest BCUT2D eigenvalue weighted by molar-refractivity contribution is 5.88. The third-order valence-corrected chi connectivity index (χ3v) is 5.56. The molecule has 0 radical (unpaired) electrons. The van der Waals surface area contributed by atoms with E-state index in [1.165, 1.54) is 12.8 Å².